The highest BCUT2D eigenvalue weighted by Gasteiger charge is 2.14. The largest absolute Gasteiger partial charge is 0.493 e. The van der Waals surface area contributed by atoms with Gasteiger partial charge >= 0.3 is 0 Å². The fourth-order valence-corrected chi connectivity index (χ4v) is 3.55. The summed E-state index contributed by atoms with van der Waals surface area (Å²) in [5.41, 5.74) is 2.97. The number of anilines is 1. The third-order valence-corrected chi connectivity index (χ3v) is 5.21. The maximum Gasteiger partial charge on any atom is 0.262 e. The molecular formula is C23H30N2O3. The fraction of sp³-hybridized carbons (Fsp3) is 0.435. The normalized spacial score (nSPS) is 14.5. The van der Waals surface area contributed by atoms with Crippen LogP contribution in [0.3, 0.4) is 0 Å². The van der Waals surface area contributed by atoms with Crippen LogP contribution in [0.1, 0.15) is 43.2 Å². The number of hydrogen-bond acceptors (Lipinski definition) is 4. The number of rotatable bonds is 8. The quantitative estimate of drug-likeness (QED) is 0.708. The molecule has 5 heteroatoms. The zero-order valence-corrected chi connectivity index (χ0v) is 16.8. The van der Waals surface area contributed by atoms with E-state index < -0.39 is 0 Å². The lowest BCUT2D eigenvalue weighted by Gasteiger charge is -2.23. The lowest BCUT2D eigenvalue weighted by Crippen LogP contribution is -2.30. The van der Waals surface area contributed by atoms with Gasteiger partial charge in [0.15, 0.2) is 18.1 Å². The van der Waals surface area contributed by atoms with E-state index in [4.69, 9.17) is 9.47 Å². The van der Waals surface area contributed by atoms with Crippen LogP contribution < -0.4 is 20.1 Å². The summed E-state index contributed by atoms with van der Waals surface area (Å²) < 4.78 is 11.2. The van der Waals surface area contributed by atoms with Gasteiger partial charge in [-0.1, -0.05) is 43.5 Å². The molecule has 1 amide bonds. The minimum atomic E-state index is -0.195. The van der Waals surface area contributed by atoms with Crippen LogP contribution in [0.4, 0.5) is 5.69 Å². The molecule has 2 aromatic rings. The standard InChI is InChI=1S/C23H30N2O3/c1-17-8-6-7-11-20(17)25-23(26)16-28-21-13-12-18(14-22(21)27-2)15-24-19-9-4-3-5-10-19/h6-8,11-14,19,24H,3-5,9-10,15-16H2,1-2H3,(H,25,26). The number of amides is 1. The number of carbonyl (C=O) groups excluding carboxylic acids is 1. The molecule has 0 atom stereocenters. The average Bonchev–Trinajstić information content (AvgIpc) is 2.73. The minimum absolute atomic E-state index is 0.0651. The summed E-state index contributed by atoms with van der Waals surface area (Å²) in [4.78, 5) is 12.2. The molecule has 2 N–H and O–H groups in total. The third kappa shape index (κ3) is 5.73. The van der Waals surface area contributed by atoms with E-state index >= 15 is 0 Å². The average molecular weight is 383 g/mol. The molecule has 1 aliphatic carbocycles. The maximum atomic E-state index is 12.2. The molecule has 28 heavy (non-hydrogen) atoms. The van der Waals surface area contributed by atoms with Gasteiger partial charge in [-0.25, -0.2) is 0 Å². The number of methoxy groups -OCH3 is 1. The van der Waals surface area contributed by atoms with Crippen molar-refractivity contribution < 1.29 is 14.3 Å². The van der Waals surface area contributed by atoms with E-state index in [0.29, 0.717) is 17.5 Å². The summed E-state index contributed by atoms with van der Waals surface area (Å²) in [6.45, 7) is 2.71. The summed E-state index contributed by atoms with van der Waals surface area (Å²) >= 11 is 0. The summed E-state index contributed by atoms with van der Waals surface area (Å²) in [6.07, 6.45) is 6.51. The first kappa shape index (κ1) is 20.2. The van der Waals surface area contributed by atoms with Gasteiger partial charge in [0.05, 0.1) is 7.11 Å². The molecule has 5 nitrogen and oxygen atoms in total. The summed E-state index contributed by atoms with van der Waals surface area (Å²) in [5, 5.41) is 6.50. The van der Waals surface area contributed by atoms with Crippen molar-refractivity contribution in [2.24, 2.45) is 0 Å². The Morgan fingerprint density at radius 1 is 1.07 bits per heavy atom. The number of aryl methyl sites for hydroxylation is 1. The van der Waals surface area contributed by atoms with Crippen molar-refractivity contribution in [3.8, 4) is 11.5 Å². The van der Waals surface area contributed by atoms with Gasteiger partial charge in [0, 0.05) is 18.3 Å². The number of para-hydroxylation sites is 1. The molecule has 150 valence electrons. The molecular weight excluding hydrogens is 352 g/mol. The highest BCUT2D eigenvalue weighted by molar-refractivity contribution is 5.92. The first-order valence-corrected chi connectivity index (χ1v) is 10.0. The first-order chi connectivity index (χ1) is 13.7. The van der Waals surface area contributed by atoms with Crippen molar-refractivity contribution in [1.29, 1.82) is 0 Å². The summed E-state index contributed by atoms with van der Waals surface area (Å²) in [5.74, 6) is 1.02. The molecule has 0 spiro atoms. The van der Waals surface area contributed by atoms with E-state index in [1.165, 1.54) is 32.1 Å². The van der Waals surface area contributed by atoms with E-state index in [9.17, 15) is 4.79 Å². The molecule has 0 aromatic heterocycles. The second-order valence-corrected chi connectivity index (χ2v) is 7.35. The summed E-state index contributed by atoms with van der Waals surface area (Å²) in [6, 6.07) is 14.2. The monoisotopic (exact) mass is 382 g/mol. The molecule has 2 aromatic carbocycles. The van der Waals surface area contributed by atoms with E-state index in [-0.39, 0.29) is 12.5 Å². The highest BCUT2D eigenvalue weighted by atomic mass is 16.5. The molecule has 1 saturated carbocycles. The van der Waals surface area contributed by atoms with Gasteiger partial charge in [-0.15, -0.1) is 0 Å². The molecule has 0 bridgehead atoms. The highest BCUT2D eigenvalue weighted by Crippen LogP contribution is 2.28. The van der Waals surface area contributed by atoms with Crippen LogP contribution >= 0.6 is 0 Å². The topological polar surface area (TPSA) is 59.6 Å². The number of carbonyl (C=O) groups is 1. The van der Waals surface area contributed by atoms with Crippen molar-refractivity contribution in [3.05, 3.63) is 53.6 Å². The van der Waals surface area contributed by atoms with Crippen molar-refractivity contribution in [1.82, 2.24) is 5.32 Å². The van der Waals surface area contributed by atoms with Crippen LogP contribution in [0.2, 0.25) is 0 Å². The van der Waals surface area contributed by atoms with Gasteiger partial charge in [0.2, 0.25) is 0 Å². The van der Waals surface area contributed by atoms with Crippen LogP contribution in [-0.4, -0.2) is 25.7 Å². The molecule has 0 saturated heterocycles. The van der Waals surface area contributed by atoms with E-state index in [1.54, 1.807) is 7.11 Å². The Morgan fingerprint density at radius 3 is 2.61 bits per heavy atom. The van der Waals surface area contributed by atoms with Gasteiger partial charge < -0.3 is 20.1 Å². The second-order valence-electron chi connectivity index (χ2n) is 7.35. The van der Waals surface area contributed by atoms with Crippen LogP contribution in [0.25, 0.3) is 0 Å². The Morgan fingerprint density at radius 2 is 1.86 bits per heavy atom. The van der Waals surface area contributed by atoms with Crippen molar-refractivity contribution >= 4 is 11.6 Å². The van der Waals surface area contributed by atoms with Gasteiger partial charge in [0.25, 0.3) is 5.91 Å². The smallest absolute Gasteiger partial charge is 0.262 e. The van der Waals surface area contributed by atoms with Crippen LogP contribution in [0.5, 0.6) is 11.5 Å². The lowest BCUT2D eigenvalue weighted by molar-refractivity contribution is -0.118. The van der Waals surface area contributed by atoms with Gasteiger partial charge in [-0.3, -0.25) is 4.79 Å². The van der Waals surface area contributed by atoms with Crippen LogP contribution in [-0.2, 0) is 11.3 Å². The van der Waals surface area contributed by atoms with Gasteiger partial charge in [-0.05, 0) is 49.1 Å². The first-order valence-electron chi connectivity index (χ1n) is 10.0. The number of benzene rings is 2. The molecule has 0 heterocycles. The molecule has 1 aliphatic rings. The van der Waals surface area contributed by atoms with E-state index in [0.717, 1.165) is 23.4 Å². The Balaban J connectivity index is 1.53. The van der Waals surface area contributed by atoms with Crippen molar-refractivity contribution in [2.45, 2.75) is 51.6 Å². The van der Waals surface area contributed by atoms with Crippen molar-refractivity contribution in [3.63, 3.8) is 0 Å². The predicted molar refractivity (Wildman–Crippen MR) is 112 cm³/mol. The Bertz CT molecular complexity index is 785. The zero-order valence-electron chi connectivity index (χ0n) is 16.8. The Kier molecular flexibility index (Phi) is 7.31. The predicted octanol–water partition coefficient (Wildman–Crippen LogP) is 4.44. The molecule has 0 unspecified atom stereocenters. The SMILES string of the molecule is COc1cc(CNC2CCCCC2)ccc1OCC(=O)Nc1ccccc1C. The van der Waals surface area contributed by atoms with Gasteiger partial charge in [0.1, 0.15) is 0 Å². The number of hydrogen-bond donors (Lipinski definition) is 2. The molecule has 3 rings (SSSR count). The van der Waals surface area contributed by atoms with Crippen LogP contribution in [0.15, 0.2) is 42.5 Å². The number of nitrogens with one attached hydrogen (secondary N) is 2. The lowest BCUT2D eigenvalue weighted by atomic mass is 9.95. The van der Waals surface area contributed by atoms with Crippen molar-refractivity contribution in [2.75, 3.05) is 19.0 Å². The zero-order chi connectivity index (χ0) is 19.8. The molecule has 0 radical (unpaired) electrons. The Labute approximate surface area is 167 Å². The molecule has 1 fully saturated rings. The fourth-order valence-electron chi connectivity index (χ4n) is 3.55. The molecule has 0 aliphatic heterocycles. The number of ether oxygens (including phenoxy) is 2. The van der Waals surface area contributed by atoms with E-state index in [1.807, 2.05) is 49.4 Å². The Hall–Kier alpha value is -2.53. The maximum absolute atomic E-state index is 12.2. The second kappa shape index (κ2) is 10.1. The third-order valence-electron chi connectivity index (χ3n) is 5.21. The van der Waals surface area contributed by atoms with E-state index in [2.05, 4.69) is 10.6 Å². The summed E-state index contributed by atoms with van der Waals surface area (Å²) in [7, 11) is 1.62. The minimum Gasteiger partial charge on any atom is -0.493 e. The van der Waals surface area contributed by atoms with Crippen LogP contribution in [0, 0.1) is 6.92 Å². The van der Waals surface area contributed by atoms with Gasteiger partial charge in [-0.2, -0.15) is 0 Å².